The Kier molecular flexibility index (Phi) is 3.53. The van der Waals surface area contributed by atoms with Crippen LogP contribution in [0.1, 0.15) is 25.7 Å². The molecule has 1 aliphatic rings. The van der Waals surface area contributed by atoms with Gasteiger partial charge in [-0.15, -0.1) is 0 Å². The van der Waals surface area contributed by atoms with Crippen molar-refractivity contribution in [1.29, 1.82) is 0 Å². The van der Waals surface area contributed by atoms with E-state index < -0.39 is 4.92 Å². The van der Waals surface area contributed by atoms with Gasteiger partial charge in [-0.3, -0.25) is 10.1 Å². The Morgan fingerprint density at radius 3 is 2.94 bits per heavy atom. The van der Waals surface area contributed by atoms with Crippen LogP contribution in [0.4, 0.5) is 11.5 Å². The highest BCUT2D eigenvalue weighted by atomic mass is 16.6. The first kappa shape index (κ1) is 11.8. The molecule has 0 amide bonds. The van der Waals surface area contributed by atoms with E-state index in [1.165, 1.54) is 6.07 Å². The van der Waals surface area contributed by atoms with Gasteiger partial charge < -0.3 is 11.1 Å². The third-order valence-electron chi connectivity index (χ3n) is 3.12. The largest absolute Gasteiger partial charge is 0.360 e. The second-order valence-corrected chi connectivity index (χ2v) is 4.33. The fourth-order valence-corrected chi connectivity index (χ4v) is 2.17. The number of hydrogen-bond acceptors (Lipinski definition) is 5. The fourth-order valence-electron chi connectivity index (χ4n) is 2.17. The monoisotopic (exact) mass is 236 g/mol. The molecule has 0 aromatic carbocycles. The minimum atomic E-state index is -0.427. The first-order chi connectivity index (χ1) is 8.18. The number of hydrogen-bond donors (Lipinski definition) is 2. The van der Waals surface area contributed by atoms with Crippen molar-refractivity contribution >= 4 is 11.5 Å². The molecular formula is C11H16N4O2. The number of pyridine rings is 1. The summed E-state index contributed by atoms with van der Waals surface area (Å²) in [5.74, 6) is 0.319. The van der Waals surface area contributed by atoms with Crippen LogP contribution in [0.2, 0.25) is 0 Å². The standard InChI is InChI=1S/C11H16N4O2/c12-8-4-1-2-5-9(8)14-11-10(15(16)17)6-3-7-13-11/h3,6-9H,1-2,4-5,12H2,(H,13,14)/t8-,9+/m0/s1. The van der Waals surface area contributed by atoms with Crippen molar-refractivity contribution in [3.05, 3.63) is 28.4 Å². The molecule has 17 heavy (non-hydrogen) atoms. The number of nitrogens with zero attached hydrogens (tertiary/aromatic N) is 2. The molecule has 0 aliphatic heterocycles. The van der Waals surface area contributed by atoms with Crippen LogP contribution in [0, 0.1) is 10.1 Å². The average molecular weight is 236 g/mol. The second-order valence-electron chi connectivity index (χ2n) is 4.33. The molecule has 0 bridgehead atoms. The molecule has 1 heterocycles. The lowest BCUT2D eigenvalue weighted by atomic mass is 9.91. The van der Waals surface area contributed by atoms with Gasteiger partial charge in [0.2, 0.25) is 5.82 Å². The van der Waals surface area contributed by atoms with Gasteiger partial charge in [-0.25, -0.2) is 4.98 Å². The third kappa shape index (κ3) is 2.71. The number of aromatic nitrogens is 1. The molecule has 3 N–H and O–H groups in total. The van der Waals surface area contributed by atoms with Crippen LogP contribution < -0.4 is 11.1 Å². The lowest BCUT2D eigenvalue weighted by Gasteiger charge is -2.29. The van der Waals surface area contributed by atoms with E-state index in [4.69, 9.17) is 5.73 Å². The molecular weight excluding hydrogens is 220 g/mol. The van der Waals surface area contributed by atoms with Gasteiger partial charge in [-0.2, -0.15) is 0 Å². The number of nitro groups is 1. The predicted molar refractivity (Wildman–Crippen MR) is 64.7 cm³/mol. The fraction of sp³-hybridized carbons (Fsp3) is 0.545. The van der Waals surface area contributed by atoms with Crippen LogP contribution in [-0.2, 0) is 0 Å². The normalized spacial score (nSPS) is 24.3. The minimum absolute atomic E-state index is 0.00488. The van der Waals surface area contributed by atoms with Crippen LogP contribution in [-0.4, -0.2) is 22.0 Å². The third-order valence-corrected chi connectivity index (χ3v) is 3.12. The quantitative estimate of drug-likeness (QED) is 0.615. The first-order valence-corrected chi connectivity index (χ1v) is 5.80. The second kappa shape index (κ2) is 5.09. The van der Waals surface area contributed by atoms with Crippen molar-refractivity contribution in [2.45, 2.75) is 37.8 Å². The number of rotatable bonds is 3. The Hall–Kier alpha value is -1.69. The van der Waals surface area contributed by atoms with E-state index in [1.807, 2.05) is 0 Å². The Morgan fingerprint density at radius 2 is 2.24 bits per heavy atom. The molecule has 2 rings (SSSR count). The Labute approximate surface area is 99.4 Å². The molecule has 92 valence electrons. The summed E-state index contributed by atoms with van der Waals surface area (Å²) in [6, 6.07) is 3.14. The zero-order valence-corrected chi connectivity index (χ0v) is 9.50. The van der Waals surface area contributed by atoms with Gasteiger partial charge in [0.1, 0.15) is 0 Å². The molecule has 1 aromatic heterocycles. The number of anilines is 1. The zero-order valence-electron chi connectivity index (χ0n) is 9.50. The lowest BCUT2D eigenvalue weighted by Crippen LogP contribution is -2.42. The van der Waals surface area contributed by atoms with E-state index in [0.29, 0.717) is 5.82 Å². The summed E-state index contributed by atoms with van der Waals surface area (Å²) in [4.78, 5) is 14.4. The molecule has 0 saturated heterocycles. The SMILES string of the molecule is N[C@H]1CCCC[C@H]1Nc1ncccc1[N+](=O)[O-]. The maximum absolute atomic E-state index is 10.8. The minimum Gasteiger partial charge on any atom is -0.360 e. The van der Waals surface area contributed by atoms with Gasteiger partial charge in [0.25, 0.3) is 0 Å². The van der Waals surface area contributed by atoms with Crippen LogP contribution in [0.25, 0.3) is 0 Å². The van der Waals surface area contributed by atoms with Gasteiger partial charge >= 0.3 is 5.69 Å². The van der Waals surface area contributed by atoms with Gasteiger partial charge in [-0.05, 0) is 18.9 Å². The van der Waals surface area contributed by atoms with E-state index in [0.717, 1.165) is 25.7 Å². The molecule has 0 unspecified atom stereocenters. The first-order valence-electron chi connectivity index (χ1n) is 5.80. The van der Waals surface area contributed by atoms with Crippen LogP contribution >= 0.6 is 0 Å². The van der Waals surface area contributed by atoms with Crippen LogP contribution in [0.15, 0.2) is 18.3 Å². The summed E-state index contributed by atoms with van der Waals surface area (Å²) in [6.45, 7) is 0. The molecule has 0 spiro atoms. The van der Waals surface area contributed by atoms with E-state index in [9.17, 15) is 10.1 Å². The molecule has 0 radical (unpaired) electrons. The van der Waals surface area contributed by atoms with Crippen molar-refractivity contribution in [3.63, 3.8) is 0 Å². The Morgan fingerprint density at radius 1 is 1.47 bits per heavy atom. The van der Waals surface area contributed by atoms with Crippen molar-refractivity contribution in [2.75, 3.05) is 5.32 Å². The van der Waals surface area contributed by atoms with E-state index in [-0.39, 0.29) is 17.8 Å². The highest BCUT2D eigenvalue weighted by Crippen LogP contribution is 2.25. The van der Waals surface area contributed by atoms with Gasteiger partial charge in [0, 0.05) is 24.3 Å². The van der Waals surface area contributed by atoms with Gasteiger partial charge in [0.05, 0.1) is 4.92 Å². The summed E-state index contributed by atoms with van der Waals surface area (Å²) in [6.07, 6.45) is 5.67. The topological polar surface area (TPSA) is 94.1 Å². The molecule has 2 atom stereocenters. The summed E-state index contributed by atoms with van der Waals surface area (Å²) < 4.78 is 0. The maximum Gasteiger partial charge on any atom is 0.311 e. The molecule has 1 saturated carbocycles. The van der Waals surface area contributed by atoms with E-state index >= 15 is 0 Å². The number of nitrogens with two attached hydrogens (primary N) is 1. The van der Waals surface area contributed by atoms with E-state index in [2.05, 4.69) is 10.3 Å². The van der Waals surface area contributed by atoms with Crippen LogP contribution in [0.5, 0.6) is 0 Å². The summed E-state index contributed by atoms with van der Waals surface area (Å²) in [7, 11) is 0. The van der Waals surface area contributed by atoms with Crippen molar-refractivity contribution in [2.24, 2.45) is 5.73 Å². The summed E-state index contributed by atoms with van der Waals surface area (Å²) >= 11 is 0. The Balaban J connectivity index is 2.14. The van der Waals surface area contributed by atoms with Crippen molar-refractivity contribution in [3.8, 4) is 0 Å². The average Bonchev–Trinajstić information content (AvgIpc) is 2.32. The predicted octanol–water partition coefficient (Wildman–Crippen LogP) is 1.67. The smallest absolute Gasteiger partial charge is 0.311 e. The highest BCUT2D eigenvalue weighted by molar-refractivity contribution is 5.55. The van der Waals surface area contributed by atoms with Gasteiger partial charge in [-0.1, -0.05) is 12.8 Å². The molecule has 1 fully saturated rings. The van der Waals surface area contributed by atoms with Crippen molar-refractivity contribution in [1.82, 2.24) is 4.98 Å². The Bertz CT molecular complexity index is 410. The maximum atomic E-state index is 10.8. The van der Waals surface area contributed by atoms with Crippen molar-refractivity contribution < 1.29 is 4.92 Å². The molecule has 6 heteroatoms. The molecule has 1 aromatic rings. The molecule has 6 nitrogen and oxygen atoms in total. The number of nitrogens with one attached hydrogen (secondary N) is 1. The van der Waals surface area contributed by atoms with Gasteiger partial charge in [0.15, 0.2) is 0 Å². The molecule has 1 aliphatic carbocycles. The van der Waals surface area contributed by atoms with Crippen LogP contribution in [0.3, 0.4) is 0 Å². The summed E-state index contributed by atoms with van der Waals surface area (Å²) in [5, 5.41) is 13.9. The van der Waals surface area contributed by atoms with E-state index in [1.54, 1.807) is 12.3 Å². The summed E-state index contributed by atoms with van der Waals surface area (Å²) in [5.41, 5.74) is 6.00. The highest BCUT2D eigenvalue weighted by Gasteiger charge is 2.24. The lowest BCUT2D eigenvalue weighted by molar-refractivity contribution is -0.384. The zero-order chi connectivity index (χ0) is 12.3.